The Morgan fingerprint density at radius 1 is 1.45 bits per heavy atom. The number of halogens is 1. The zero-order valence-corrected chi connectivity index (χ0v) is 7.66. The molecule has 0 unspecified atom stereocenters. The summed E-state index contributed by atoms with van der Waals surface area (Å²) in [6.45, 7) is 3.33. The van der Waals surface area contributed by atoms with Crippen molar-refractivity contribution in [1.82, 2.24) is 4.72 Å². The summed E-state index contributed by atoms with van der Waals surface area (Å²) in [6, 6.07) is 0. The quantitative estimate of drug-likeness (QED) is 0.520. The predicted octanol–water partition coefficient (Wildman–Crippen LogP) is 0.552. The monoisotopic (exact) mass is 197 g/mol. The van der Waals surface area contributed by atoms with Crippen LogP contribution in [0.3, 0.4) is 0 Å². The van der Waals surface area contributed by atoms with Gasteiger partial charge >= 0.3 is 9.24 Å². The van der Waals surface area contributed by atoms with Crippen LogP contribution in [0.2, 0.25) is 0 Å². The van der Waals surface area contributed by atoms with E-state index in [0.29, 0.717) is 5.57 Å². The molecular weight excluding hydrogens is 190 g/mol. The SMILES string of the molecule is CC(C)=CC(=O)NS(=O)(=O)Cl. The van der Waals surface area contributed by atoms with Gasteiger partial charge in [0.25, 0.3) is 5.91 Å². The number of amides is 1. The van der Waals surface area contributed by atoms with Crippen molar-refractivity contribution < 1.29 is 13.2 Å². The molecule has 0 spiro atoms. The molecule has 0 saturated carbocycles. The van der Waals surface area contributed by atoms with Crippen molar-refractivity contribution in [2.75, 3.05) is 0 Å². The first-order valence-electron chi connectivity index (χ1n) is 2.72. The van der Waals surface area contributed by atoms with Crippen LogP contribution < -0.4 is 4.72 Å². The van der Waals surface area contributed by atoms with E-state index < -0.39 is 15.1 Å². The first kappa shape index (κ1) is 10.4. The molecule has 0 saturated heterocycles. The molecule has 0 aromatic rings. The Labute approximate surface area is 69.8 Å². The van der Waals surface area contributed by atoms with Crippen molar-refractivity contribution in [3.63, 3.8) is 0 Å². The number of carbonyl (C=O) groups is 1. The second-order valence-electron chi connectivity index (χ2n) is 2.13. The molecule has 64 valence electrons. The van der Waals surface area contributed by atoms with Gasteiger partial charge in [-0.2, -0.15) is 8.42 Å². The van der Waals surface area contributed by atoms with Crippen LogP contribution in [0.15, 0.2) is 11.6 Å². The number of hydrogen-bond acceptors (Lipinski definition) is 3. The van der Waals surface area contributed by atoms with Gasteiger partial charge in [0.1, 0.15) is 0 Å². The van der Waals surface area contributed by atoms with Crippen LogP contribution in [0, 0.1) is 0 Å². The first-order valence-corrected chi connectivity index (χ1v) is 5.03. The fraction of sp³-hybridized carbons (Fsp3) is 0.400. The van der Waals surface area contributed by atoms with Gasteiger partial charge in [-0.3, -0.25) is 4.79 Å². The standard InChI is InChI=1S/C5H8ClNO3S/c1-4(2)3-5(8)7-11(6,9)10/h3H,1-2H3,(H,7,8). The molecule has 0 radical (unpaired) electrons. The summed E-state index contributed by atoms with van der Waals surface area (Å²) < 4.78 is 22.0. The Morgan fingerprint density at radius 3 is 2.18 bits per heavy atom. The highest BCUT2D eigenvalue weighted by atomic mass is 35.7. The lowest BCUT2D eigenvalue weighted by Crippen LogP contribution is -2.24. The van der Waals surface area contributed by atoms with Gasteiger partial charge in [0, 0.05) is 16.8 Å². The Bertz CT molecular complexity index is 276. The Morgan fingerprint density at radius 2 is 1.91 bits per heavy atom. The van der Waals surface area contributed by atoms with E-state index >= 15 is 0 Å². The predicted molar refractivity (Wildman–Crippen MR) is 42.3 cm³/mol. The molecule has 6 heteroatoms. The van der Waals surface area contributed by atoms with Crippen LogP contribution >= 0.6 is 10.7 Å². The molecule has 0 atom stereocenters. The number of nitrogens with one attached hydrogen (secondary N) is 1. The number of hydrogen-bond donors (Lipinski definition) is 1. The minimum Gasteiger partial charge on any atom is -0.269 e. The van der Waals surface area contributed by atoms with Crippen molar-refractivity contribution in [1.29, 1.82) is 0 Å². The lowest BCUT2D eigenvalue weighted by molar-refractivity contribution is -0.114. The zero-order chi connectivity index (χ0) is 9.07. The molecule has 11 heavy (non-hydrogen) atoms. The van der Waals surface area contributed by atoms with E-state index in [4.69, 9.17) is 10.7 Å². The maximum Gasteiger partial charge on any atom is 0.321 e. The third-order valence-corrected chi connectivity index (χ3v) is 1.32. The Hall–Kier alpha value is -0.550. The lowest BCUT2D eigenvalue weighted by Gasteiger charge is -1.94. The molecule has 0 aromatic heterocycles. The fourth-order valence-corrected chi connectivity index (χ4v) is 0.939. The van der Waals surface area contributed by atoms with Gasteiger partial charge in [0.15, 0.2) is 0 Å². The molecule has 0 aromatic carbocycles. The molecule has 0 aliphatic heterocycles. The minimum absolute atomic E-state index is 0.697. The van der Waals surface area contributed by atoms with E-state index in [9.17, 15) is 13.2 Å². The smallest absolute Gasteiger partial charge is 0.269 e. The van der Waals surface area contributed by atoms with Gasteiger partial charge in [-0.15, -0.1) is 0 Å². The summed E-state index contributed by atoms with van der Waals surface area (Å²) in [5.41, 5.74) is 0.697. The van der Waals surface area contributed by atoms with Crippen LogP contribution in [0.1, 0.15) is 13.8 Å². The molecule has 4 nitrogen and oxygen atoms in total. The van der Waals surface area contributed by atoms with Gasteiger partial charge in [0.2, 0.25) is 0 Å². The van der Waals surface area contributed by atoms with Gasteiger partial charge in [-0.05, 0) is 13.8 Å². The van der Waals surface area contributed by atoms with E-state index in [1.807, 2.05) is 0 Å². The van der Waals surface area contributed by atoms with Crippen molar-refractivity contribution in [2.24, 2.45) is 0 Å². The minimum atomic E-state index is -3.94. The Kier molecular flexibility index (Phi) is 3.54. The van der Waals surface area contributed by atoms with Crippen molar-refractivity contribution in [3.05, 3.63) is 11.6 Å². The van der Waals surface area contributed by atoms with E-state index in [1.165, 1.54) is 0 Å². The lowest BCUT2D eigenvalue weighted by atomic mass is 10.3. The largest absolute Gasteiger partial charge is 0.321 e. The van der Waals surface area contributed by atoms with Gasteiger partial charge in [-0.25, -0.2) is 4.72 Å². The van der Waals surface area contributed by atoms with E-state index in [1.54, 1.807) is 18.6 Å². The van der Waals surface area contributed by atoms with Gasteiger partial charge in [0.05, 0.1) is 0 Å². The fourth-order valence-electron chi connectivity index (χ4n) is 0.412. The second kappa shape index (κ2) is 3.73. The van der Waals surface area contributed by atoms with Crippen LogP contribution in [0.5, 0.6) is 0 Å². The molecule has 0 bridgehead atoms. The van der Waals surface area contributed by atoms with Crippen LogP contribution in [-0.2, 0) is 14.0 Å². The molecule has 0 fully saturated rings. The molecule has 0 heterocycles. The number of allylic oxidation sites excluding steroid dienone is 1. The summed E-state index contributed by atoms with van der Waals surface area (Å²) in [4.78, 5) is 10.6. The summed E-state index contributed by atoms with van der Waals surface area (Å²) in [5, 5.41) is 0. The molecule has 0 aliphatic rings. The number of rotatable bonds is 2. The third kappa shape index (κ3) is 7.35. The summed E-state index contributed by atoms with van der Waals surface area (Å²) >= 11 is 0. The summed E-state index contributed by atoms with van der Waals surface area (Å²) in [6.07, 6.45) is 1.14. The van der Waals surface area contributed by atoms with Gasteiger partial charge in [-0.1, -0.05) is 5.57 Å². The van der Waals surface area contributed by atoms with Crippen LogP contribution in [0.25, 0.3) is 0 Å². The highest BCUT2D eigenvalue weighted by Gasteiger charge is 2.06. The average Bonchev–Trinajstić information content (AvgIpc) is 1.53. The zero-order valence-electron chi connectivity index (χ0n) is 6.09. The summed E-state index contributed by atoms with van der Waals surface area (Å²) in [7, 11) is 0.782. The van der Waals surface area contributed by atoms with Gasteiger partial charge < -0.3 is 0 Å². The normalized spacial score (nSPS) is 10.5. The third-order valence-electron chi connectivity index (χ3n) is 0.642. The van der Waals surface area contributed by atoms with Crippen molar-refractivity contribution in [2.45, 2.75) is 13.8 Å². The first-order chi connectivity index (χ1) is 4.81. The van der Waals surface area contributed by atoms with Crippen molar-refractivity contribution in [3.8, 4) is 0 Å². The average molecular weight is 198 g/mol. The van der Waals surface area contributed by atoms with E-state index in [-0.39, 0.29) is 0 Å². The van der Waals surface area contributed by atoms with Crippen LogP contribution in [0.4, 0.5) is 0 Å². The second-order valence-corrected chi connectivity index (χ2v) is 4.42. The highest BCUT2D eigenvalue weighted by molar-refractivity contribution is 8.12. The molecule has 0 aliphatic carbocycles. The van der Waals surface area contributed by atoms with E-state index in [0.717, 1.165) is 6.08 Å². The molecule has 0 rings (SSSR count). The Balaban J connectivity index is 4.23. The maximum absolute atomic E-state index is 10.6. The molecule has 1 N–H and O–H groups in total. The van der Waals surface area contributed by atoms with E-state index in [2.05, 4.69) is 0 Å². The molecular formula is C5H8ClNO3S. The topological polar surface area (TPSA) is 63.2 Å². The van der Waals surface area contributed by atoms with Crippen LogP contribution in [-0.4, -0.2) is 14.3 Å². The molecule has 1 amide bonds. The maximum atomic E-state index is 10.6. The summed E-state index contributed by atoms with van der Waals surface area (Å²) in [5.74, 6) is -0.736. The van der Waals surface area contributed by atoms with Crippen molar-refractivity contribution >= 4 is 25.8 Å². The number of carbonyl (C=O) groups excluding carboxylic acids is 1. The highest BCUT2D eigenvalue weighted by Crippen LogP contribution is 1.92.